The maximum absolute atomic E-state index is 10.9. The highest BCUT2D eigenvalue weighted by Gasteiger charge is 2.19. The first-order chi connectivity index (χ1) is 8.26. The first-order valence-corrected chi connectivity index (χ1v) is 6.28. The minimum absolute atomic E-state index is 0.0966. The molecular weight excluding hydrogens is 222 g/mol. The zero-order chi connectivity index (χ0) is 12.5. The molecule has 0 amide bonds. The summed E-state index contributed by atoms with van der Waals surface area (Å²) >= 11 is 0. The number of piperidine rings is 1. The van der Waals surface area contributed by atoms with Crippen LogP contribution in [0.25, 0.3) is 0 Å². The summed E-state index contributed by atoms with van der Waals surface area (Å²) in [7, 11) is 1.42. The summed E-state index contributed by atoms with van der Waals surface area (Å²) in [5.41, 5.74) is 0. The molecule has 0 unspecified atom stereocenters. The lowest BCUT2D eigenvalue weighted by Gasteiger charge is -2.31. The number of hydrogen-bond acceptors (Lipinski definition) is 5. The number of hydrogen-bond donors (Lipinski definition) is 1. The molecule has 100 valence electrons. The molecule has 5 nitrogen and oxygen atoms in total. The number of esters is 1. The monoisotopic (exact) mass is 245 g/mol. The van der Waals surface area contributed by atoms with E-state index in [2.05, 4.69) is 9.64 Å². The van der Waals surface area contributed by atoms with Gasteiger partial charge >= 0.3 is 5.97 Å². The van der Waals surface area contributed by atoms with Gasteiger partial charge in [-0.2, -0.15) is 0 Å². The van der Waals surface area contributed by atoms with E-state index in [0.29, 0.717) is 19.1 Å². The fourth-order valence-electron chi connectivity index (χ4n) is 2.07. The van der Waals surface area contributed by atoms with Gasteiger partial charge in [0.25, 0.3) is 0 Å². The molecule has 1 rings (SSSR count). The van der Waals surface area contributed by atoms with Crippen molar-refractivity contribution in [3.05, 3.63) is 0 Å². The van der Waals surface area contributed by atoms with Gasteiger partial charge in [-0.25, -0.2) is 0 Å². The Balaban J connectivity index is 2.04. The number of aliphatic hydroxyl groups is 1. The molecule has 1 fully saturated rings. The van der Waals surface area contributed by atoms with E-state index in [4.69, 9.17) is 9.84 Å². The summed E-state index contributed by atoms with van der Waals surface area (Å²) in [6.07, 6.45) is 3.67. The molecule has 1 heterocycles. The molecule has 0 aromatic heterocycles. The minimum Gasteiger partial charge on any atom is -0.469 e. The molecule has 0 aromatic carbocycles. The number of aliphatic hydroxyl groups excluding tert-OH is 1. The first kappa shape index (κ1) is 14.4. The predicted octanol–water partition coefficient (Wildman–Crippen LogP) is 0.413. The van der Waals surface area contributed by atoms with E-state index in [1.807, 2.05) is 0 Å². The Bertz CT molecular complexity index is 215. The van der Waals surface area contributed by atoms with Crippen LogP contribution in [-0.4, -0.2) is 62.0 Å². The molecule has 0 saturated carbocycles. The van der Waals surface area contributed by atoms with E-state index in [0.717, 1.165) is 38.9 Å². The second-order valence-electron chi connectivity index (χ2n) is 4.32. The van der Waals surface area contributed by atoms with Crippen molar-refractivity contribution >= 4 is 5.97 Å². The van der Waals surface area contributed by atoms with Crippen LogP contribution in [0, 0.1) is 0 Å². The summed E-state index contributed by atoms with van der Waals surface area (Å²) in [6, 6.07) is 0. The smallest absolute Gasteiger partial charge is 0.305 e. The van der Waals surface area contributed by atoms with E-state index in [9.17, 15) is 4.79 Å². The van der Waals surface area contributed by atoms with Gasteiger partial charge in [0.05, 0.1) is 26.4 Å². The molecule has 1 aliphatic rings. The van der Waals surface area contributed by atoms with Crippen LogP contribution in [0.3, 0.4) is 0 Å². The molecule has 0 spiro atoms. The average Bonchev–Trinajstić information content (AvgIpc) is 2.37. The molecular formula is C12H23NO4. The zero-order valence-electron chi connectivity index (χ0n) is 10.6. The Morgan fingerprint density at radius 2 is 2.12 bits per heavy atom. The van der Waals surface area contributed by atoms with Crippen molar-refractivity contribution < 1.29 is 19.4 Å². The number of ether oxygens (including phenoxy) is 2. The van der Waals surface area contributed by atoms with Crippen LogP contribution >= 0.6 is 0 Å². The van der Waals surface area contributed by atoms with Gasteiger partial charge in [0.1, 0.15) is 0 Å². The highest BCUT2D eigenvalue weighted by molar-refractivity contribution is 5.69. The average molecular weight is 245 g/mol. The fourth-order valence-corrected chi connectivity index (χ4v) is 2.07. The molecule has 0 aliphatic carbocycles. The van der Waals surface area contributed by atoms with Crippen LogP contribution in [0.4, 0.5) is 0 Å². The molecule has 0 bridgehead atoms. The highest BCUT2D eigenvalue weighted by atomic mass is 16.5. The van der Waals surface area contributed by atoms with Crippen LogP contribution in [0.15, 0.2) is 0 Å². The Hall–Kier alpha value is -0.650. The lowest BCUT2D eigenvalue weighted by atomic mass is 10.1. The maximum atomic E-state index is 10.9. The topological polar surface area (TPSA) is 59.0 Å². The van der Waals surface area contributed by atoms with Gasteiger partial charge in [-0.3, -0.25) is 4.79 Å². The number of likely N-dealkylation sites (tertiary alicyclic amines) is 1. The summed E-state index contributed by atoms with van der Waals surface area (Å²) < 4.78 is 10.1. The third-order valence-electron chi connectivity index (χ3n) is 3.06. The van der Waals surface area contributed by atoms with Crippen molar-refractivity contribution in [2.75, 3.05) is 40.0 Å². The van der Waals surface area contributed by atoms with Crippen molar-refractivity contribution in [1.82, 2.24) is 4.90 Å². The lowest BCUT2D eigenvalue weighted by molar-refractivity contribution is -0.140. The standard InChI is InChI=1S/C12H23NO4/c1-16-12(15)3-2-6-13-7-4-11(5-8-13)17-10-9-14/h11,14H,2-10H2,1H3. The molecule has 1 saturated heterocycles. The third-order valence-corrected chi connectivity index (χ3v) is 3.06. The van der Waals surface area contributed by atoms with Gasteiger partial charge in [0.15, 0.2) is 0 Å². The lowest BCUT2D eigenvalue weighted by Crippen LogP contribution is -2.38. The van der Waals surface area contributed by atoms with Gasteiger partial charge in [-0.05, 0) is 25.8 Å². The number of carbonyl (C=O) groups is 1. The van der Waals surface area contributed by atoms with Crippen molar-refractivity contribution in [2.45, 2.75) is 31.8 Å². The van der Waals surface area contributed by atoms with Gasteiger partial charge in [0, 0.05) is 19.5 Å². The van der Waals surface area contributed by atoms with Crippen LogP contribution in [0.1, 0.15) is 25.7 Å². The Morgan fingerprint density at radius 1 is 1.41 bits per heavy atom. The van der Waals surface area contributed by atoms with E-state index < -0.39 is 0 Å². The van der Waals surface area contributed by atoms with Crippen LogP contribution < -0.4 is 0 Å². The van der Waals surface area contributed by atoms with Gasteiger partial charge in [-0.1, -0.05) is 0 Å². The zero-order valence-corrected chi connectivity index (χ0v) is 10.6. The molecule has 0 radical (unpaired) electrons. The Labute approximate surface area is 103 Å². The molecule has 1 N–H and O–H groups in total. The van der Waals surface area contributed by atoms with E-state index >= 15 is 0 Å². The maximum Gasteiger partial charge on any atom is 0.305 e. The SMILES string of the molecule is COC(=O)CCCN1CCC(OCCO)CC1. The molecule has 17 heavy (non-hydrogen) atoms. The number of carbonyl (C=O) groups excluding carboxylic acids is 1. The normalized spacial score (nSPS) is 18.2. The number of nitrogens with zero attached hydrogens (tertiary/aromatic N) is 1. The predicted molar refractivity (Wildman–Crippen MR) is 63.7 cm³/mol. The fraction of sp³-hybridized carbons (Fsp3) is 0.917. The Kier molecular flexibility index (Phi) is 7.16. The molecule has 5 heteroatoms. The molecule has 0 atom stereocenters. The van der Waals surface area contributed by atoms with Gasteiger partial charge in [-0.15, -0.1) is 0 Å². The second-order valence-corrected chi connectivity index (χ2v) is 4.32. The van der Waals surface area contributed by atoms with Crippen molar-refractivity contribution in [3.8, 4) is 0 Å². The van der Waals surface area contributed by atoms with Crippen molar-refractivity contribution in [2.24, 2.45) is 0 Å². The molecule has 1 aliphatic heterocycles. The second kappa shape index (κ2) is 8.44. The minimum atomic E-state index is -0.133. The number of methoxy groups -OCH3 is 1. The van der Waals surface area contributed by atoms with Crippen LogP contribution in [0.5, 0.6) is 0 Å². The number of rotatable bonds is 7. The molecule has 0 aromatic rings. The largest absolute Gasteiger partial charge is 0.469 e. The van der Waals surface area contributed by atoms with Gasteiger partial charge < -0.3 is 19.5 Å². The van der Waals surface area contributed by atoms with E-state index in [1.54, 1.807) is 0 Å². The summed E-state index contributed by atoms with van der Waals surface area (Å²) in [5, 5.41) is 8.66. The van der Waals surface area contributed by atoms with Crippen LogP contribution in [-0.2, 0) is 14.3 Å². The highest BCUT2D eigenvalue weighted by Crippen LogP contribution is 2.14. The summed E-state index contributed by atoms with van der Waals surface area (Å²) in [4.78, 5) is 13.3. The van der Waals surface area contributed by atoms with E-state index in [1.165, 1.54) is 7.11 Å². The van der Waals surface area contributed by atoms with Crippen molar-refractivity contribution in [3.63, 3.8) is 0 Å². The summed E-state index contributed by atoms with van der Waals surface area (Å²) in [6.45, 7) is 3.50. The van der Waals surface area contributed by atoms with Crippen LogP contribution in [0.2, 0.25) is 0 Å². The quantitative estimate of drug-likeness (QED) is 0.658. The summed E-state index contributed by atoms with van der Waals surface area (Å²) in [5.74, 6) is -0.133. The van der Waals surface area contributed by atoms with Gasteiger partial charge in [0.2, 0.25) is 0 Å². The third kappa shape index (κ3) is 6.00. The van der Waals surface area contributed by atoms with Crippen molar-refractivity contribution in [1.29, 1.82) is 0 Å². The Morgan fingerprint density at radius 3 is 2.71 bits per heavy atom. The van der Waals surface area contributed by atoms with E-state index in [-0.39, 0.29) is 12.6 Å². The first-order valence-electron chi connectivity index (χ1n) is 6.28.